The third kappa shape index (κ3) is 8.75. The van der Waals surface area contributed by atoms with E-state index in [1.54, 1.807) is 0 Å². The van der Waals surface area contributed by atoms with E-state index >= 15 is 0 Å². The smallest absolute Gasteiger partial charge is 0.309 e. The molecule has 52 heavy (non-hydrogen) atoms. The number of carbonyl (C=O) groups is 2. The number of para-hydroxylation sites is 2. The van der Waals surface area contributed by atoms with Crippen molar-refractivity contribution in [2.75, 3.05) is 19.8 Å². The molecule has 3 atom stereocenters. The Hall–Kier alpha value is -5.34. The van der Waals surface area contributed by atoms with Gasteiger partial charge in [-0.25, -0.2) is 0 Å². The molecule has 1 amide bonds. The number of amides is 1. The summed E-state index contributed by atoms with van der Waals surface area (Å²) in [6, 6.07) is 33.6. The monoisotopic (exact) mass is 695 g/mol. The van der Waals surface area contributed by atoms with E-state index in [9.17, 15) is 14.7 Å². The Labute approximate surface area is 305 Å². The summed E-state index contributed by atoms with van der Waals surface area (Å²) < 4.78 is 11.8. The molecule has 0 aromatic heterocycles. The van der Waals surface area contributed by atoms with Gasteiger partial charge in [-0.3, -0.25) is 19.6 Å². The van der Waals surface area contributed by atoms with Gasteiger partial charge in [0.05, 0.1) is 29.9 Å². The molecule has 0 radical (unpaired) electrons. The average molecular weight is 696 g/mol. The predicted molar refractivity (Wildman–Crippen MR) is 204 cm³/mol. The van der Waals surface area contributed by atoms with Crippen LogP contribution in [0.25, 0.3) is 0 Å². The molecule has 8 nitrogen and oxygen atoms in total. The number of hydrogen-bond donors (Lipinski definition) is 1. The first-order chi connectivity index (χ1) is 25.5. The number of rotatable bonds is 11. The summed E-state index contributed by atoms with van der Waals surface area (Å²) in [7, 11) is 0. The van der Waals surface area contributed by atoms with Gasteiger partial charge in [-0.2, -0.15) is 0 Å². The summed E-state index contributed by atoms with van der Waals surface area (Å²) in [5.41, 5.74) is 8.29. The van der Waals surface area contributed by atoms with Gasteiger partial charge in [0.15, 0.2) is 0 Å². The molecule has 266 valence electrons. The van der Waals surface area contributed by atoms with Gasteiger partial charge in [-0.05, 0) is 78.6 Å². The van der Waals surface area contributed by atoms with Gasteiger partial charge in [-0.1, -0.05) is 91.0 Å². The van der Waals surface area contributed by atoms with Crippen molar-refractivity contribution in [2.45, 2.75) is 57.5 Å². The number of aliphatic hydroxyl groups is 1. The molecule has 1 N–H and O–H groups in total. The van der Waals surface area contributed by atoms with Crippen LogP contribution in [-0.4, -0.2) is 59.2 Å². The van der Waals surface area contributed by atoms with Crippen molar-refractivity contribution in [2.24, 2.45) is 21.8 Å². The third-order valence-corrected chi connectivity index (χ3v) is 10.1. The fraction of sp³-hybridized carbons (Fsp3) is 0.318. The maximum absolute atomic E-state index is 14.9. The van der Waals surface area contributed by atoms with Crippen LogP contribution in [0, 0.1) is 11.8 Å². The summed E-state index contributed by atoms with van der Waals surface area (Å²) in [5.74, 6) is -0.346. The number of esters is 1. The molecule has 0 fully saturated rings. The number of benzene rings is 4. The predicted octanol–water partition coefficient (Wildman–Crippen LogP) is 7.56. The second kappa shape index (κ2) is 16.8. The van der Waals surface area contributed by atoms with Crippen molar-refractivity contribution in [1.82, 2.24) is 4.90 Å². The number of fused-ring (bicyclic) bond motifs is 2. The lowest BCUT2D eigenvalue weighted by Crippen LogP contribution is -2.47. The van der Waals surface area contributed by atoms with Crippen LogP contribution in [0.2, 0.25) is 0 Å². The van der Waals surface area contributed by atoms with E-state index in [4.69, 9.17) is 19.5 Å². The number of ether oxygens (including phenoxy) is 2. The van der Waals surface area contributed by atoms with Crippen molar-refractivity contribution >= 4 is 34.7 Å². The zero-order valence-electron chi connectivity index (χ0n) is 29.4. The minimum Gasteiger partial charge on any atom is -0.491 e. The van der Waals surface area contributed by atoms with Gasteiger partial charge in [-0.15, -0.1) is 0 Å². The summed E-state index contributed by atoms with van der Waals surface area (Å²) in [5, 5.41) is 9.21. The molecule has 3 aliphatic rings. The quantitative estimate of drug-likeness (QED) is 0.129. The van der Waals surface area contributed by atoms with E-state index in [2.05, 4.69) is 30.3 Å². The van der Waals surface area contributed by atoms with Crippen LogP contribution >= 0.6 is 0 Å². The SMILES string of the molecule is O=C1OCC(Cc2ccccc2)N(Cc2ccc(OCCO)cc2)C(=O)C(CC2=Nc3ccccc3C2)CC=CCC1CC1=Nc2ccccc2C1. The summed E-state index contributed by atoms with van der Waals surface area (Å²) in [6.07, 6.45) is 8.21. The van der Waals surface area contributed by atoms with E-state index in [1.165, 1.54) is 11.1 Å². The fourth-order valence-corrected chi connectivity index (χ4v) is 7.37. The lowest BCUT2D eigenvalue weighted by atomic mass is 9.91. The Morgan fingerprint density at radius 1 is 0.692 bits per heavy atom. The molecule has 7 rings (SSSR count). The van der Waals surface area contributed by atoms with Crippen LogP contribution in [-0.2, 0) is 40.1 Å². The Kier molecular flexibility index (Phi) is 11.3. The lowest BCUT2D eigenvalue weighted by Gasteiger charge is -2.35. The maximum Gasteiger partial charge on any atom is 0.309 e. The van der Waals surface area contributed by atoms with Gasteiger partial charge in [0.25, 0.3) is 0 Å². The molecule has 0 saturated heterocycles. The Morgan fingerprint density at radius 2 is 1.29 bits per heavy atom. The van der Waals surface area contributed by atoms with Gasteiger partial charge in [0, 0.05) is 36.7 Å². The second-order valence-electron chi connectivity index (χ2n) is 13.9. The molecule has 3 unspecified atom stereocenters. The van der Waals surface area contributed by atoms with Crippen molar-refractivity contribution in [3.05, 3.63) is 138 Å². The largest absolute Gasteiger partial charge is 0.491 e. The van der Waals surface area contributed by atoms with Crippen LogP contribution in [0.3, 0.4) is 0 Å². The first kappa shape index (κ1) is 35.1. The van der Waals surface area contributed by atoms with E-state index in [-0.39, 0.29) is 43.5 Å². The van der Waals surface area contributed by atoms with E-state index in [1.807, 2.05) is 89.8 Å². The second-order valence-corrected chi connectivity index (χ2v) is 13.9. The fourth-order valence-electron chi connectivity index (χ4n) is 7.37. The molecule has 0 spiro atoms. The van der Waals surface area contributed by atoms with Gasteiger partial charge >= 0.3 is 5.97 Å². The van der Waals surface area contributed by atoms with Crippen LogP contribution in [0.1, 0.15) is 47.9 Å². The summed E-state index contributed by atoms with van der Waals surface area (Å²) >= 11 is 0. The molecule has 8 heteroatoms. The van der Waals surface area contributed by atoms with Crippen molar-refractivity contribution in [3.63, 3.8) is 0 Å². The van der Waals surface area contributed by atoms with Crippen LogP contribution < -0.4 is 4.74 Å². The topological polar surface area (TPSA) is 101 Å². The number of nitrogens with zero attached hydrogens (tertiary/aromatic N) is 3. The Bertz CT molecular complexity index is 1950. The van der Waals surface area contributed by atoms with Gasteiger partial charge in [0.2, 0.25) is 5.91 Å². The Morgan fingerprint density at radius 3 is 1.92 bits per heavy atom. The number of carbonyl (C=O) groups excluding carboxylic acids is 2. The molecule has 3 aliphatic heterocycles. The van der Waals surface area contributed by atoms with Crippen molar-refractivity contribution < 1.29 is 24.2 Å². The number of aliphatic hydroxyl groups excluding tert-OH is 1. The molecule has 4 aromatic rings. The van der Waals surface area contributed by atoms with E-state index < -0.39 is 6.04 Å². The number of hydrogen-bond acceptors (Lipinski definition) is 7. The first-order valence-electron chi connectivity index (χ1n) is 18.3. The van der Waals surface area contributed by atoms with E-state index in [0.717, 1.165) is 46.8 Å². The number of allylic oxidation sites excluding steroid dienone is 2. The highest BCUT2D eigenvalue weighted by atomic mass is 16.5. The first-order valence-corrected chi connectivity index (χ1v) is 18.3. The Balaban J connectivity index is 1.20. The number of cyclic esters (lactones) is 1. The molecule has 0 aliphatic carbocycles. The minimum absolute atomic E-state index is 0.0103. The standard InChI is InChI=1S/C44H45N3O5/c48-22-23-51-40-20-18-32(19-21-40)29-47-39(24-31-10-2-1-3-11-31)30-52-44(50)36(28-38-26-34-13-7-9-17-42(34)46-38)15-5-4-14-35(43(47)49)27-37-25-33-12-6-8-16-41(33)45-37/h1-13,16-21,35-36,39,48H,14-15,22-30H2. The highest BCUT2D eigenvalue weighted by molar-refractivity contribution is 5.97. The van der Waals surface area contributed by atoms with E-state index in [0.29, 0.717) is 44.4 Å². The molecule has 3 heterocycles. The highest BCUT2D eigenvalue weighted by Gasteiger charge is 2.34. The van der Waals surface area contributed by atoms with Crippen LogP contribution in [0.5, 0.6) is 5.75 Å². The minimum atomic E-state index is -0.411. The molecular formula is C44H45N3O5. The van der Waals surface area contributed by atoms with Gasteiger partial charge < -0.3 is 19.5 Å². The average Bonchev–Trinajstić information content (AvgIpc) is 3.79. The van der Waals surface area contributed by atoms with Crippen LogP contribution in [0.4, 0.5) is 11.4 Å². The van der Waals surface area contributed by atoms with Crippen molar-refractivity contribution in [3.8, 4) is 5.75 Å². The highest BCUT2D eigenvalue weighted by Crippen LogP contribution is 2.32. The molecule has 0 saturated carbocycles. The summed E-state index contributed by atoms with van der Waals surface area (Å²) in [4.78, 5) is 40.6. The lowest BCUT2D eigenvalue weighted by molar-refractivity contribution is -0.153. The molecule has 4 aromatic carbocycles. The third-order valence-electron chi connectivity index (χ3n) is 10.1. The zero-order chi connectivity index (χ0) is 35.7. The van der Waals surface area contributed by atoms with Crippen molar-refractivity contribution in [1.29, 1.82) is 0 Å². The molecule has 0 bridgehead atoms. The summed E-state index contributed by atoms with van der Waals surface area (Å²) in [6.45, 7) is 0.542. The normalized spacial score (nSPS) is 20.2. The maximum atomic E-state index is 14.9. The van der Waals surface area contributed by atoms with Gasteiger partial charge in [0.1, 0.15) is 19.0 Å². The molecular weight excluding hydrogens is 650 g/mol. The van der Waals surface area contributed by atoms with Crippen LogP contribution in [0.15, 0.2) is 125 Å². The zero-order valence-corrected chi connectivity index (χ0v) is 29.4. The number of aliphatic imine (C=N–C) groups is 2.